The first-order valence-electron chi connectivity index (χ1n) is 9.51. The quantitative estimate of drug-likeness (QED) is 0.544. The van der Waals surface area contributed by atoms with Crippen molar-refractivity contribution in [3.8, 4) is 5.75 Å². The van der Waals surface area contributed by atoms with Crippen molar-refractivity contribution in [3.05, 3.63) is 93.5 Å². The second-order valence-corrected chi connectivity index (χ2v) is 8.43. The number of carbonyl (C=O) groups excluding carboxylic acids is 2. The summed E-state index contributed by atoms with van der Waals surface area (Å²) in [5, 5.41) is 21.5. The fraction of sp³-hybridized carbons (Fsp3) is 0.167. The number of hydrogen-bond acceptors (Lipinski definition) is 4. The lowest BCUT2D eigenvalue weighted by atomic mass is 9.88. The average Bonchev–Trinajstić information content (AvgIpc) is 2.91. The zero-order chi connectivity index (χ0) is 21.5. The maximum Gasteiger partial charge on any atom is 0.264 e. The van der Waals surface area contributed by atoms with Crippen molar-refractivity contribution in [1.82, 2.24) is 0 Å². The number of phenols is 1. The molecule has 6 heteroatoms. The summed E-state index contributed by atoms with van der Waals surface area (Å²) in [6, 6.07) is 19.3. The third-order valence-electron chi connectivity index (χ3n) is 5.38. The molecule has 1 unspecified atom stereocenters. The van der Waals surface area contributed by atoms with Crippen LogP contribution < -0.4 is 4.90 Å². The highest BCUT2D eigenvalue weighted by Crippen LogP contribution is 2.44. The molecule has 1 heterocycles. The summed E-state index contributed by atoms with van der Waals surface area (Å²) in [6.45, 7) is 2.28. The molecule has 4 rings (SSSR count). The maximum absolute atomic E-state index is 13.3. The minimum absolute atomic E-state index is 0.0638. The van der Waals surface area contributed by atoms with Crippen LogP contribution in [0.4, 0.5) is 5.69 Å². The lowest BCUT2D eigenvalue weighted by Crippen LogP contribution is -2.41. The molecule has 0 aliphatic carbocycles. The highest BCUT2D eigenvalue weighted by atomic mass is 79.9. The Hall–Kier alpha value is -2.96. The SMILES string of the molecule is Cc1ccc(CN2C(=O)C(O)(CC(=O)c3ccc(Br)cc3O)c3ccccc32)cc1. The Kier molecular flexibility index (Phi) is 5.22. The predicted molar refractivity (Wildman–Crippen MR) is 117 cm³/mol. The Balaban J connectivity index is 1.68. The number of carbonyl (C=O) groups is 2. The second-order valence-electron chi connectivity index (χ2n) is 7.52. The number of ketones is 1. The molecule has 0 saturated heterocycles. The van der Waals surface area contributed by atoms with E-state index in [1.54, 1.807) is 30.3 Å². The van der Waals surface area contributed by atoms with Crippen molar-refractivity contribution >= 4 is 33.3 Å². The lowest BCUT2D eigenvalue weighted by Gasteiger charge is -2.23. The molecular formula is C24H20BrNO4. The Bertz CT molecular complexity index is 1140. The third-order valence-corrected chi connectivity index (χ3v) is 5.87. The van der Waals surface area contributed by atoms with Crippen LogP contribution in [0.2, 0.25) is 0 Å². The normalized spacial score (nSPS) is 17.8. The molecular weight excluding hydrogens is 446 g/mol. The van der Waals surface area contributed by atoms with Gasteiger partial charge in [-0.2, -0.15) is 0 Å². The molecule has 2 N–H and O–H groups in total. The summed E-state index contributed by atoms with van der Waals surface area (Å²) < 4.78 is 0.627. The van der Waals surface area contributed by atoms with Crippen LogP contribution in [0.5, 0.6) is 5.75 Å². The van der Waals surface area contributed by atoms with E-state index < -0.39 is 23.7 Å². The maximum atomic E-state index is 13.3. The fourth-order valence-electron chi connectivity index (χ4n) is 3.78. The highest BCUT2D eigenvalue weighted by Gasteiger charge is 2.50. The summed E-state index contributed by atoms with van der Waals surface area (Å²) >= 11 is 3.24. The van der Waals surface area contributed by atoms with Crippen LogP contribution in [0.25, 0.3) is 0 Å². The number of amides is 1. The van der Waals surface area contributed by atoms with Gasteiger partial charge in [0, 0.05) is 10.0 Å². The average molecular weight is 466 g/mol. The monoisotopic (exact) mass is 465 g/mol. The summed E-state index contributed by atoms with van der Waals surface area (Å²) in [5.74, 6) is -1.26. The number of Topliss-reactive ketones (excluding diaryl/α,β-unsaturated/α-hetero) is 1. The number of phenolic OH excluding ortho intramolecular Hbond substituents is 1. The smallest absolute Gasteiger partial charge is 0.264 e. The van der Waals surface area contributed by atoms with E-state index in [2.05, 4.69) is 15.9 Å². The van der Waals surface area contributed by atoms with Gasteiger partial charge < -0.3 is 15.1 Å². The fourth-order valence-corrected chi connectivity index (χ4v) is 4.13. The van der Waals surface area contributed by atoms with Crippen molar-refractivity contribution in [2.45, 2.75) is 25.5 Å². The van der Waals surface area contributed by atoms with Gasteiger partial charge in [-0.15, -0.1) is 0 Å². The van der Waals surface area contributed by atoms with Gasteiger partial charge in [0.15, 0.2) is 11.4 Å². The Morgan fingerprint density at radius 2 is 1.77 bits per heavy atom. The largest absolute Gasteiger partial charge is 0.507 e. The van der Waals surface area contributed by atoms with Gasteiger partial charge in [-0.05, 0) is 36.8 Å². The number of nitrogens with zero attached hydrogens (tertiary/aromatic N) is 1. The van der Waals surface area contributed by atoms with Crippen molar-refractivity contribution in [2.75, 3.05) is 4.90 Å². The van der Waals surface area contributed by atoms with Crippen molar-refractivity contribution < 1.29 is 19.8 Å². The van der Waals surface area contributed by atoms with Crippen molar-refractivity contribution in [2.24, 2.45) is 0 Å². The van der Waals surface area contributed by atoms with Gasteiger partial charge in [-0.25, -0.2) is 0 Å². The van der Waals surface area contributed by atoms with Crippen LogP contribution in [-0.4, -0.2) is 21.9 Å². The molecule has 1 aliphatic rings. The summed E-state index contributed by atoms with van der Waals surface area (Å²) in [5.41, 5.74) is 1.09. The molecule has 0 radical (unpaired) electrons. The predicted octanol–water partition coefficient (Wildman–Crippen LogP) is 4.47. The summed E-state index contributed by atoms with van der Waals surface area (Å²) in [6.07, 6.45) is -0.456. The second kappa shape index (κ2) is 7.70. The zero-order valence-electron chi connectivity index (χ0n) is 16.3. The van der Waals surface area contributed by atoms with Gasteiger partial charge >= 0.3 is 0 Å². The summed E-state index contributed by atoms with van der Waals surface area (Å²) in [7, 11) is 0. The molecule has 1 amide bonds. The number of aromatic hydroxyl groups is 1. The van der Waals surface area contributed by atoms with E-state index in [1.807, 2.05) is 31.2 Å². The van der Waals surface area contributed by atoms with Gasteiger partial charge in [-0.3, -0.25) is 9.59 Å². The molecule has 0 fully saturated rings. The Morgan fingerprint density at radius 1 is 1.07 bits per heavy atom. The van der Waals surface area contributed by atoms with Crippen LogP contribution >= 0.6 is 15.9 Å². The highest BCUT2D eigenvalue weighted by molar-refractivity contribution is 9.10. The van der Waals surface area contributed by atoms with E-state index >= 15 is 0 Å². The van der Waals surface area contributed by atoms with E-state index in [1.165, 1.54) is 17.0 Å². The number of rotatable bonds is 5. The molecule has 5 nitrogen and oxygen atoms in total. The van der Waals surface area contributed by atoms with Crippen LogP contribution in [0, 0.1) is 6.92 Å². The number of fused-ring (bicyclic) bond motifs is 1. The molecule has 1 aliphatic heterocycles. The van der Waals surface area contributed by atoms with E-state index in [9.17, 15) is 19.8 Å². The Labute approximate surface area is 182 Å². The number of para-hydroxylation sites is 1. The molecule has 1 atom stereocenters. The first-order valence-corrected chi connectivity index (χ1v) is 10.3. The van der Waals surface area contributed by atoms with Crippen LogP contribution in [0.1, 0.15) is 33.5 Å². The minimum atomic E-state index is -1.99. The molecule has 152 valence electrons. The number of aryl methyl sites for hydroxylation is 1. The minimum Gasteiger partial charge on any atom is -0.507 e. The lowest BCUT2D eigenvalue weighted by molar-refractivity contribution is -0.136. The van der Waals surface area contributed by atoms with Gasteiger partial charge in [0.05, 0.1) is 24.2 Å². The van der Waals surface area contributed by atoms with Gasteiger partial charge in [-0.1, -0.05) is 64.0 Å². The van der Waals surface area contributed by atoms with Crippen molar-refractivity contribution in [3.63, 3.8) is 0 Å². The van der Waals surface area contributed by atoms with Crippen LogP contribution in [0.3, 0.4) is 0 Å². The first kappa shape index (κ1) is 20.3. The van der Waals surface area contributed by atoms with E-state index in [0.29, 0.717) is 15.7 Å². The van der Waals surface area contributed by atoms with Gasteiger partial charge in [0.1, 0.15) is 5.75 Å². The van der Waals surface area contributed by atoms with Crippen molar-refractivity contribution in [1.29, 1.82) is 0 Å². The number of hydrogen-bond donors (Lipinski definition) is 2. The molecule has 0 aromatic heterocycles. The first-order chi connectivity index (χ1) is 14.3. The number of anilines is 1. The molecule has 3 aromatic rings. The van der Waals surface area contributed by atoms with Crippen LogP contribution in [-0.2, 0) is 16.9 Å². The summed E-state index contributed by atoms with van der Waals surface area (Å²) in [4.78, 5) is 27.7. The number of halogens is 1. The van der Waals surface area contributed by atoms with E-state index in [4.69, 9.17) is 0 Å². The standard InChI is InChI=1S/C24H20BrNO4/c1-15-6-8-16(9-7-15)14-26-20-5-3-2-4-19(20)24(30,23(26)29)13-22(28)18-11-10-17(25)12-21(18)27/h2-12,27,30H,13-14H2,1H3. The number of aliphatic hydroxyl groups is 1. The van der Waals surface area contributed by atoms with Gasteiger partial charge in [0.2, 0.25) is 0 Å². The topological polar surface area (TPSA) is 77.8 Å². The molecule has 0 bridgehead atoms. The van der Waals surface area contributed by atoms with E-state index in [0.717, 1.165) is 11.1 Å². The molecule has 30 heavy (non-hydrogen) atoms. The third kappa shape index (κ3) is 3.53. The molecule has 3 aromatic carbocycles. The van der Waals surface area contributed by atoms with E-state index in [-0.39, 0.29) is 17.9 Å². The molecule has 0 saturated carbocycles. The van der Waals surface area contributed by atoms with Crippen LogP contribution in [0.15, 0.2) is 71.2 Å². The zero-order valence-corrected chi connectivity index (χ0v) is 17.9. The number of benzene rings is 3. The Morgan fingerprint density at radius 3 is 2.47 bits per heavy atom. The molecule has 0 spiro atoms. The van der Waals surface area contributed by atoms with Gasteiger partial charge in [0.25, 0.3) is 5.91 Å².